The molecule has 218 valence electrons. The predicted octanol–water partition coefficient (Wildman–Crippen LogP) is 8.18. The van der Waals surface area contributed by atoms with Gasteiger partial charge in [0.15, 0.2) is 0 Å². The lowest BCUT2D eigenvalue weighted by molar-refractivity contribution is -0.140. The number of amides is 2. The third-order valence-corrected chi connectivity index (χ3v) is 7.89. The van der Waals surface area contributed by atoms with E-state index in [4.69, 9.17) is 11.6 Å². The first-order valence-electron chi connectivity index (χ1n) is 11.0. The van der Waals surface area contributed by atoms with Gasteiger partial charge in [-0.05, 0) is 80.1 Å². The van der Waals surface area contributed by atoms with Gasteiger partial charge in [0.25, 0.3) is 5.91 Å². The molecule has 0 radical (unpaired) electrons. The van der Waals surface area contributed by atoms with Gasteiger partial charge in [-0.1, -0.05) is 29.8 Å². The second-order valence-electron chi connectivity index (χ2n) is 8.81. The van der Waals surface area contributed by atoms with Crippen molar-refractivity contribution in [2.75, 3.05) is 6.54 Å². The van der Waals surface area contributed by atoms with Crippen LogP contribution in [0.1, 0.15) is 45.8 Å². The first-order chi connectivity index (χ1) is 18.2. The van der Waals surface area contributed by atoms with Crippen LogP contribution < -0.4 is 10.6 Å². The molecule has 1 aliphatic carbocycles. The molecule has 1 saturated carbocycles. The van der Waals surface area contributed by atoms with E-state index in [0.717, 1.165) is 24.3 Å². The molecule has 1 atom stereocenters. The maximum Gasteiger partial charge on any atom is 0.417 e. The van der Waals surface area contributed by atoms with Crippen LogP contribution in [0.4, 0.5) is 39.5 Å². The molecule has 2 N–H and O–H groups in total. The summed E-state index contributed by atoms with van der Waals surface area (Å²) in [5.74, 6) is -4.82. The second-order valence-corrected chi connectivity index (χ2v) is 10.9. The number of nitrogens with one attached hydrogen (secondary N) is 2. The molecule has 2 aromatic rings. The topological polar surface area (TPSA) is 58.2 Å². The van der Waals surface area contributed by atoms with Crippen LogP contribution in [0.15, 0.2) is 45.4 Å². The quantitative estimate of drug-likeness (QED) is 0.223. The molecule has 0 aliphatic heterocycles. The number of carbonyl (C=O) groups excluding carboxylic acids is 2. The molecule has 0 heterocycles. The zero-order valence-corrected chi connectivity index (χ0v) is 23.5. The highest BCUT2D eigenvalue weighted by atomic mass is 79.9. The van der Waals surface area contributed by atoms with Gasteiger partial charge >= 0.3 is 18.5 Å². The molecule has 4 nitrogen and oxygen atoms in total. The van der Waals surface area contributed by atoms with Gasteiger partial charge in [-0.15, -0.1) is 0 Å². The van der Waals surface area contributed by atoms with E-state index in [1.165, 1.54) is 0 Å². The normalized spacial score (nSPS) is 16.1. The second kappa shape index (κ2) is 11.6. The van der Waals surface area contributed by atoms with E-state index in [1.54, 1.807) is 5.32 Å². The summed E-state index contributed by atoms with van der Waals surface area (Å²) in [6.07, 6.45) is -13.5. The summed E-state index contributed by atoms with van der Waals surface area (Å²) in [6.45, 7) is -1.69. The Labute approximate surface area is 242 Å². The monoisotopic (exact) mass is 728 g/mol. The van der Waals surface area contributed by atoms with Crippen molar-refractivity contribution in [3.8, 4) is 0 Å². The molecular weight excluding hydrogens is 715 g/mol. The van der Waals surface area contributed by atoms with Crippen molar-refractivity contribution in [3.63, 3.8) is 0 Å². The van der Waals surface area contributed by atoms with E-state index in [-0.39, 0.29) is 37.9 Å². The van der Waals surface area contributed by atoms with E-state index in [2.05, 4.69) is 37.2 Å². The van der Waals surface area contributed by atoms with Crippen molar-refractivity contribution in [2.45, 2.75) is 42.8 Å². The lowest BCUT2D eigenvalue weighted by atomic mass is 9.96. The van der Waals surface area contributed by atoms with Crippen molar-refractivity contribution in [1.29, 1.82) is 0 Å². The Morgan fingerprint density at radius 2 is 1.55 bits per heavy atom. The van der Waals surface area contributed by atoms with Crippen LogP contribution in [-0.2, 0) is 11.0 Å². The Bertz CT molecular complexity index is 1310. The maximum atomic E-state index is 13.8. The molecule has 1 aliphatic rings. The van der Waals surface area contributed by atoms with E-state index < -0.39 is 59.5 Å². The average molecular weight is 731 g/mol. The van der Waals surface area contributed by atoms with Crippen LogP contribution in [0.3, 0.4) is 0 Å². The first-order valence-corrected chi connectivity index (χ1v) is 13.0. The van der Waals surface area contributed by atoms with E-state index in [0.29, 0.717) is 18.2 Å². The highest BCUT2D eigenvalue weighted by molar-refractivity contribution is 9.11. The van der Waals surface area contributed by atoms with Crippen LogP contribution in [0.2, 0.25) is 5.02 Å². The highest BCUT2D eigenvalue weighted by Crippen LogP contribution is 2.42. The van der Waals surface area contributed by atoms with Crippen molar-refractivity contribution in [3.05, 3.63) is 72.6 Å². The Balaban J connectivity index is 1.90. The molecule has 16 heteroatoms. The fourth-order valence-corrected chi connectivity index (χ4v) is 4.97. The molecular formula is C24H16Br2ClF9N2O2. The molecule has 0 aromatic heterocycles. The minimum atomic E-state index is -5.14. The molecule has 0 saturated heterocycles. The van der Waals surface area contributed by atoms with Gasteiger partial charge in [-0.25, -0.2) is 0 Å². The molecule has 40 heavy (non-hydrogen) atoms. The standard InChI is InChI=1S/C24H16Br2ClF9N2O2/c25-16-8-12(9-17(26)18(16)27)14(23(31,32)33)4-2-11-1-3-13(15(7-11)24(34,35)36)19(39)38-21(5-6-21)20(40)37-10-22(28,29)30/h1-4,7-9,14H,5-6,10H2,(H,37,40)(H,38,39)/b4-2+. The average Bonchev–Trinajstić information content (AvgIpc) is 3.59. The lowest BCUT2D eigenvalue weighted by Crippen LogP contribution is -2.51. The third kappa shape index (κ3) is 7.93. The van der Waals surface area contributed by atoms with Crippen LogP contribution in [-0.4, -0.2) is 36.3 Å². The number of allylic oxidation sites excluding steroid dienone is 1. The number of benzene rings is 2. The van der Waals surface area contributed by atoms with Crippen molar-refractivity contribution < 1.29 is 49.1 Å². The van der Waals surface area contributed by atoms with Crippen LogP contribution >= 0.6 is 43.5 Å². The minimum absolute atomic E-state index is 0.0969. The number of halogens is 12. The van der Waals surface area contributed by atoms with Gasteiger partial charge < -0.3 is 10.6 Å². The smallest absolute Gasteiger partial charge is 0.345 e. The van der Waals surface area contributed by atoms with Crippen LogP contribution in [0, 0.1) is 0 Å². The Hall–Kier alpha value is -2.26. The number of hydrogen-bond donors (Lipinski definition) is 2. The minimum Gasteiger partial charge on any atom is -0.345 e. The fraction of sp³-hybridized carbons (Fsp3) is 0.333. The molecule has 0 spiro atoms. The Morgan fingerprint density at radius 3 is 2.02 bits per heavy atom. The number of hydrogen-bond acceptors (Lipinski definition) is 2. The summed E-state index contributed by atoms with van der Waals surface area (Å²) in [5.41, 5.74) is -4.87. The van der Waals surface area contributed by atoms with Crippen molar-refractivity contribution in [1.82, 2.24) is 10.6 Å². The SMILES string of the molecule is O=C(NC1(C(=O)NCC(F)(F)F)CC1)c1ccc(/C=C/C(c2cc(Br)c(Cl)c(Br)c2)C(F)(F)F)cc1C(F)(F)F. The van der Waals surface area contributed by atoms with Crippen LogP contribution in [0.5, 0.6) is 0 Å². The maximum absolute atomic E-state index is 13.8. The number of alkyl halides is 9. The van der Waals surface area contributed by atoms with E-state index in [9.17, 15) is 49.1 Å². The van der Waals surface area contributed by atoms with E-state index in [1.807, 2.05) is 0 Å². The zero-order valence-electron chi connectivity index (χ0n) is 19.6. The van der Waals surface area contributed by atoms with Gasteiger partial charge in [-0.3, -0.25) is 9.59 Å². The van der Waals surface area contributed by atoms with Crippen molar-refractivity contribution in [2.24, 2.45) is 0 Å². The Morgan fingerprint density at radius 1 is 0.975 bits per heavy atom. The largest absolute Gasteiger partial charge is 0.417 e. The molecule has 2 amide bonds. The summed E-state index contributed by atoms with van der Waals surface area (Å²) < 4.78 is 120. The first kappa shape index (κ1) is 32.3. The van der Waals surface area contributed by atoms with Gasteiger partial charge in [0.05, 0.1) is 22.1 Å². The molecule has 0 bridgehead atoms. The lowest BCUT2D eigenvalue weighted by Gasteiger charge is -2.20. The third-order valence-electron chi connectivity index (χ3n) is 5.78. The zero-order chi connectivity index (χ0) is 30.3. The van der Waals surface area contributed by atoms with E-state index >= 15 is 0 Å². The predicted molar refractivity (Wildman–Crippen MR) is 135 cm³/mol. The van der Waals surface area contributed by atoms with Gasteiger partial charge in [0, 0.05) is 8.95 Å². The summed E-state index contributed by atoms with van der Waals surface area (Å²) in [5, 5.41) is 3.75. The van der Waals surface area contributed by atoms with Gasteiger partial charge in [0.2, 0.25) is 5.91 Å². The summed E-state index contributed by atoms with van der Waals surface area (Å²) >= 11 is 12.0. The molecule has 3 rings (SSSR count). The summed E-state index contributed by atoms with van der Waals surface area (Å²) in [7, 11) is 0. The van der Waals surface area contributed by atoms with Gasteiger partial charge in [-0.2, -0.15) is 39.5 Å². The fourth-order valence-electron chi connectivity index (χ4n) is 3.64. The molecule has 2 aromatic carbocycles. The van der Waals surface area contributed by atoms with Gasteiger partial charge in [0.1, 0.15) is 12.1 Å². The van der Waals surface area contributed by atoms with Crippen molar-refractivity contribution >= 4 is 61.4 Å². The molecule has 1 fully saturated rings. The Kier molecular flexibility index (Phi) is 9.32. The van der Waals surface area contributed by atoms with Crippen LogP contribution in [0.25, 0.3) is 6.08 Å². The highest BCUT2D eigenvalue weighted by Gasteiger charge is 2.52. The number of carbonyl (C=O) groups is 2. The number of rotatable bonds is 7. The molecule has 1 unspecified atom stereocenters. The summed E-state index contributed by atoms with van der Waals surface area (Å²) in [4.78, 5) is 24.8. The summed E-state index contributed by atoms with van der Waals surface area (Å²) in [6, 6.07) is 4.35.